The highest BCUT2D eigenvalue weighted by molar-refractivity contribution is 5.90. The smallest absolute Gasteiger partial charge is 0.287 e. The first-order valence-electron chi connectivity index (χ1n) is 2.22. The lowest BCUT2D eigenvalue weighted by atomic mass is 10.4. The molecule has 0 radical (unpaired) electrons. The molecule has 0 fully saturated rings. The van der Waals surface area contributed by atoms with Gasteiger partial charge in [0.15, 0.2) is 5.82 Å². The molecule has 1 heterocycles. The molecule has 5 heteroatoms. The molecular formula is C4H5N3O2. The first-order chi connectivity index (χ1) is 4.20. The molecule has 1 rings (SSSR count). The fraction of sp³-hybridized carbons (Fsp3) is 0. The third kappa shape index (κ3) is 0.987. The summed E-state index contributed by atoms with van der Waals surface area (Å²) in [6, 6.07) is 1.27. The second-order valence-electron chi connectivity index (χ2n) is 1.48. The van der Waals surface area contributed by atoms with Crippen LogP contribution in [0.25, 0.3) is 0 Å². The number of nitrogen functional groups attached to an aromatic ring is 1. The number of carbonyl (C=O) groups is 1. The van der Waals surface area contributed by atoms with Gasteiger partial charge >= 0.3 is 0 Å². The summed E-state index contributed by atoms with van der Waals surface area (Å²) in [6.07, 6.45) is 0. The fourth-order valence-electron chi connectivity index (χ4n) is 0.405. The number of nitrogens with zero attached hydrogens (tertiary/aromatic N) is 1. The summed E-state index contributed by atoms with van der Waals surface area (Å²) in [7, 11) is 0. The van der Waals surface area contributed by atoms with Crippen LogP contribution >= 0.6 is 0 Å². The van der Waals surface area contributed by atoms with Crippen LogP contribution in [0.4, 0.5) is 5.82 Å². The van der Waals surface area contributed by atoms with Crippen molar-refractivity contribution in [3.8, 4) is 0 Å². The van der Waals surface area contributed by atoms with Crippen LogP contribution in [-0.2, 0) is 0 Å². The standard InChI is InChI=1S/C4H5N3O2/c5-3-1-2(4(6)8)9-7-3/h1H,(H2,5,7)(H2,6,8). The van der Waals surface area contributed by atoms with Gasteiger partial charge in [0.25, 0.3) is 5.91 Å². The van der Waals surface area contributed by atoms with Crippen molar-refractivity contribution in [1.82, 2.24) is 5.16 Å². The molecule has 0 aliphatic carbocycles. The molecule has 0 aromatic carbocycles. The van der Waals surface area contributed by atoms with E-state index in [2.05, 4.69) is 9.68 Å². The van der Waals surface area contributed by atoms with Crippen LogP contribution in [0.3, 0.4) is 0 Å². The van der Waals surface area contributed by atoms with E-state index in [-0.39, 0.29) is 11.6 Å². The molecular weight excluding hydrogens is 122 g/mol. The third-order valence-electron chi connectivity index (χ3n) is 0.771. The van der Waals surface area contributed by atoms with Crippen molar-refractivity contribution in [1.29, 1.82) is 0 Å². The Balaban J connectivity index is 2.98. The zero-order valence-electron chi connectivity index (χ0n) is 4.50. The molecule has 0 bridgehead atoms. The first kappa shape index (κ1) is 5.61. The number of anilines is 1. The number of carbonyl (C=O) groups excluding carboxylic acids is 1. The number of hydrogen-bond acceptors (Lipinski definition) is 4. The van der Waals surface area contributed by atoms with Crippen molar-refractivity contribution < 1.29 is 9.32 Å². The van der Waals surface area contributed by atoms with Gasteiger partial charge in [-0.3, -0.25) is 4.79 Å². The molecule has 0 aliphatic heterocycles. The van der Waals surface area contributed by atoms with Crippen LogP contribution in [0.15, 0.2) is 10.6 Å². The van der Waals surface area contributed by atoms with E-state index in [0.29, 0.717) is 0 Å². The molecule has 5 nitrogen and oxygen atoms in total. The highest BCUT2D eigenvalue weighted by Gasteiger charge is 2.05. The Bertz CT molecular complexity index is 229. The summed E-state index contributed by atoms with van der Waals surface area (Å²) in [5, 5.41) is 3.24. The van der Waals surface area contributed by atoms with Gasteiger partial charge in [-0.2, -0.15) is 0 Å². The third-order valence-corrected chi connectivity index (χ3v) is 0.771. The molecule has 1 aromatic heterocycles. The normalized spacial score (nSPS) is 9.33. The molecule has 0 unspecified atom stereocenters. The van der Waals surface area contributed by atoms with Crippen molar-refractivity contribution in [2.75, 3.05) is 5.73 Å². The van der Waals surface area contributed by atoms with E-state index in [1.54, 1.807) is 0 Å². The summed E-state index contributed by atoms with van der Waals surface area (Å²) in [5.74, 6) is -0.532. The largest absolute Gasteiger partial charge is 0.381 e. The van der Waals surface area contributed by atoms with Crippen molar-refractivity contribution in [3.63, 3.8) is 0 Å². The number of nitrogens with two attached hydrogens (primary N) is 2. The zero-order chi connectivity index (χ0) is 6.85. The fourth-order valence-corrected chi connectivity index (χ4v) is 0.405. The Morgan fingerprint density at radius 3 is 2.67 bits per heavy atom. The van der Waals surface area contributed by atoms with Crippen LogP contribution in [0.1, 0.15) is 10.6 Å². The van der Waals surface area contributed by atoms with E-state index in [1.807, 2.05) is 0 Å². The second-order valence-corrected chi connectivity index (χ2v) is 1.48. The Kier molecular flexibility index (Phi) is 1.11. The van der Waals surface area contributed by atoms with Crippen molar-refractivity contribution in [2.45, 2.75) is 0 Å². The van der Waals surface area contributed by atoms with E-state index in [4.69, 9.17) is 11.5 Å². The SMILES string of the molecule is NC(=O)c1cc(N)no1. The van der Waals surface area contributed by atoms with E-state index in [9.17, 15) is 4.79 Å². The Hall–Kier alpha value is -1.52. The molecule has 0 saturated carbocycles. The maximum atomic E-state index is 10.2. The lowest BCUT2D eigenvalue weighted by Crippen LogP contribution is -2.09. The van der Waals surface area contributed by atoms with Gasteiger partial charge < -0.3 is 16.0 Å². The minimum absolute atomic E-state index is 0.0208. The topological polar surface area (TPSA) is 95.1 Å². The summed E-state index contributed by atoms with van der Waals surface area (Å²) in [5.41, 5.74) is 9.90. The average Bonchev–Trinajstić information content (AvgIpc) is 2.14. The van der Waals surface area contributed by atoms with Crippen LogP contribution in [0.5, 0.6) is 0 Å². The number of aromatic nitrogens is 1. The van der Waals surface area contributed by atoms with Gasteiger partial charge in [0, 0.05) is 6.07 Å². The van der Waals surface area contributed by atoms with Crippen LogP contribution in [-0.4, -0.2) is 11.1 Å². The molecule has 0 aliphatic rings. The molecule has 0 atom stereocenters. The van der Waals surface area contributed by atoms with E-state index in [0.717, 1.165) is 0 Å². The van der Waals surface area contributed by atoms with E-state index < -0.39 is 5.91 Å². The van der Waals surface area contributed by atoms with Crippen LogP contribution in [0, 0.1) is 0 Å². The average molecular weight is 127 g/mol. The maximum absolute atomic E-state index is 10.2. The van der Waals surface area contributed by atoms with Crippen LogP contribution < -0.4 is 11.5 Å². The number of primary amides is 1. The molecule has 48 valence electrons. The summed E-state index contributed by atoms with van der Waals surface area (Å²) < 4.78 is 4.38. The predicted molar refractivity (Wildman–Crippen MR) is 29.4 cm³/mol. The number of rotatable bonds is 1. The monoisotopic (exact) mass is 127 g/mol. The summed E-state index contributed by atoms with van der Waals surface area (Å²) >= 11 is 0. The molecule has 0 saturated heterocycles. The number of amides is 1. The van der Waals surface area contributed by atoms with Crippen molar-refractivity contribution in [3.05, 3.63) is 11.8 Å². The molecule has 9 heavy (non-hydrogen) atoms. The minimum Gasteiger partial charge on any atom is -0.381 e. The van der Waals surface area contributed by atoms with Gasteiger partial charge in [-0.25, -0.2) is 0 Å². The van der Waals surface area contributed by atoms with E-state index in [1.165, 1.54) is 6.07 Å². The lowest BCUT2D eigenvalue weighted by molar-refractivity contribution is 0.0965. The first-order valence-corrected chi connectivity index (χ1v) is 2.22. The van der Waals surface area contributed by atoms with Gasteiger partial charge in [-0.15, -0.1) is 0 Å². The molecule has 1 amide bonds. The van der Waals surface area contributed by atoms with Gasteiger partial charge in [0.05, 0.1) is 0 Å². The Morgan fingerprint density at radius 1 is 1.78 bits per heavy atom. The summed E-state index contributed by atoms with van der Waals surface area (Å²) in [6.45, 7) is 0. The summed E-state index contributed by atoms with van der Waals surface area (Å²) in [4.78, 5) is 10.2. The molecule has 0 spiro atoms. The van der Waals surface area contributed by atoms with Crippen molar-refractivity contribution >= 4 is 11.7 Å². The van der Waals surface area contributed by atoms with Gasteiger partial charge in [-0.05, 0) is 0 Å². The number of hydrogen-bond donors (Lipinski definition) is 2. The van der Waals surface area contributed by atoms with E-state index >= 15 is 0 Å². The second kappa shape index (κ2) is 1.77. The van der Waals surface area contributed by atoms with Gasteiger partial charge in [-0.1, -0.05) is 5.16 Å². The highest BCUT2D eigenvalue weighted by atomic mass is 16.5. The lowest BCUT2D eigenvalue weighted by Gasteiger charge is -1.77. The zero-order valence-corrected chi connectivity index (χ0v) is 4.50. The van der Waals surface area contributed by atoms with Gasteiger partial charge in [0.1, 0.15) is 0 Å². The minimum atomic E-state index is -0.667. The Morgan fingerprint density at radius 2 is 2.44 bits per heavy atom. The van der Waals surface area contributed by atoms with Gasteiger partial charge in [0.2, 0.25) is 5.76 Å². The quantitative estimate of drug-likeness (QED) is 0.524. The Labute approximate surface area is 50.6 Å². The molecule has 1 aromatic rings. The highest BCUT2D eigenvalue weighted by Crippen LogP contribution is 2.01. The van der Waals surface area contributed by atoms with Crippen LogP contribution in [0.2, 0.25) is 0 Å². The predicted octanol–water partition coefficient (Wildman–Crippen LogP) is -0.644. The van der Waals surface area contributed by atoms with Crippen molar-refractivity contribution in [2.24, 2.45) is 5.73 Å². The maximum Gasteiger partial charge on any atom is 0.287 e. The molecule has 4 N–H and O–H groups in total.